The number of nitrogens with zero attached hydrogens (tertiary/aromatic N) is 5. The molecule has 0 saturated carbocycles. The Balaban J connectivity index is 1.31. The minimum atomic E-state index is -1.07. The number of carbonyl (C=O) groups is 3. The average molecular weight is 696 g/mol. The number of aliphatic carboxylic acids is 1. The molecule has 0 radical (unpaired) electrons. The van der Waals surface area contributed by atoms with E-state index >= 15 is 0 Å². The number of Topliss-reactive ketones (excluding diaryl/α,β-unsaturated/α-hetero) is 1. The van der Waals surface area contributed by atoms with Gasteiger partial charge in [-0.05, 0) is 16.7 Å². The lowest BCUT2D eigenvalue weighted by Gasteiger charge is -2.50. The van der Waals surface area contributed by atoms with Crippen LogP contribution in [0.4, 0.5) is 0 Å². The molecule has 262 valence electrons. The van der Waals surface area contributed by atoms with Crippen molar-refractivity contribution in [3.05, 3.63) is 162 Å². The van der Waals surface area contributed by atoms with Gasteiger partial charge in [0.1, 0.15) is 30.8 Å². The lowest BCUT2D eigenvalue weighted by Crippen LogP contribution is -2.57. The van der Waals surface area contributed by atoms with Gasteiger partial charge in [-0.25, -0.2) is 15.0 Å². The fourth-order valence-corrected chi connectivity index (χ4v) is 7.01. The van der Waals surface area contributed by atoms with E-state index in [4.69, 9.17) is 14.6 Å². The van der Waals surface area contributed by atoms with E-state index in [9.17, 15) is 14.4 Å². The molecule has 7 rings (SSSR count). The number of carboxylic acids is 1. The van der Waals surface area contributed by atoms with Gasteiger partial charge in [0.2, 0.25) is 0 Å². The number of aromatic nitrogens is 4. The second kappa shape index (κ2) is 15.5. The summed E-state index contributed by atoms with van der Waals surface area (Å²) < 4.78 is 14.2. The maximum Gasteiger partial charge on any atom is 0.306 e. The Morgan fingerprint density at radius 3 is 1.90 bits per heavy atom. The molecule has 1 saturated heterocycles. The Morgan fingerprint density at radius 2 is 1.33 bits per heavy atom. The third kappa shape index (κ3) is 7.09. The van der Waals surface area contributed by atoms with E-state index in [-0.39, 0.29) is 31.7 Å². The van der Waals surface area contributed by atoms with E-state index in [2.05, 4.69) is 56.3 Å². The van der Waals surface area contributed by atoms with E-state index in [0.29, 0.717) is 35.5 Å². The number of hydrogen-bond acceptors (Lipinski definition) is 9. The third-order valence-electron chi connectivity index (χ3n) is 9.34. The van der Waals surface area contributed by atoms with E-state index in [0.717, 1.165) is 16.7 Å². The first-order valence-corrected chi connectivity index (χ1v) is 17.1. The van der Waals surface area contributed by atoms with Crippen LogP contribution in [0.15, 0.2) is 134 Å². The molecule has 1 aliphatic heterocycles. The zero-order chi connectivity index (χ0) is 35.9. The molecule has 2 aromatic heterocycles. The van der Waals surface area contributed by atoms with Crippen LogP contribution in [0.5, 0.6) is 0 Å². The highest BCUT2D eigenvalue weighted by Crippen LogP contribution is 2.45. The molecule has 52 heavy (non-hydrogen) atoms. The second-order valence-corrected chi connectivity index (χ2v) is 12.6. The molecule has 0 bridgehead atoms. The first kappa shape index (κ1) is 34.4. The van der Waals surface area contributed by atoms with Crippen LogP contribution in [-0.4, -0.2) is 73.0 Å². The van der Waals surface area contributed by atoms with Crippen molar-refractivity contribution in [1.82, 2.24) is 24.4 Å². The molecule has 1 aliphatic rings. The number of ketones is 1. The van der Waals surface area contributed by atoms with Crippen molar-refractivity contribution in [2.75, 3.05) is 19.7 Å². The predicted molar refractivity (Wildman–Crippen MR) is 192 cm³/mol. The number of esters is 1. The summed E-state index contributed by atoms with van der Waals surface area (Å²) in [5.41, 5.74) is 4.36. The maximum absolute atomic E-state index is 13.2. The third-order valence-corrected chi connectivity index (χ3v) is 9.34. The minimum Gasteiger partial charge on any atom is -0.481 e. The van der Waals surface area contributed by atoms with Crippen molar-refractivity contribution >= 4 is 28.9 Å². The molecule has 3 heterocycles. The van der Waals surface area contributed by atoms with Crippen LogP contribution < -0.4 is 0 Å². The van der Waals surface area contributed by atoms with Crippen LogP contribution >= 0.6 is 0 Å². The average Bonchev–Trinajstić information content (AvgIpc) is 3.64. The van der Waals surface area contributed by atoms with E-state index in [1.807, 2.05) is 77.4 Å². The van der Waals surface area contributed by atoms with Crippen LogP contribution in [-0.2, 0) is 31.0 Å². The highest BCUT2D eigenvalue weighted by molar-refractivity contribution is 5.98. The predicted octanol–water partition coefficient (Wildman–Crippen LogP) is 5.85. The summed E-state index contributed by atoms with van der Waals surface area (Å²) in [6.45, 7) is 0.633. The van der Waals surface area contributed by atoms with Gasteiger partial charge >= 0.3 is 11.9 Å². The fraction of sp³-hybridized carbons (Fsp3) is 0.220. The van der Waals surface area contributed by atoms with Gasteiger partial charge in [-0.1, -0.05) is 121 Å². The molecule has 0 spiro atoms. The summed E-state index contributed by atoms with van der Waals surface area (Å²) in [5.74, 6) is -1.78. The standard InChI is InChI=1S/C41H37N5O6/c47-35(29-13-5-1-6-14-29)23-34-39-40(43-27-42-34)46(28-44-39)36-25-45(24-33(52-36)26-51-38(50)22-21-37(48)49)41(30-15-7-2-8-16-30,31-17-9-3-10-18-31)32-19-11-4-12-20-32/h1-20,27-28,33,36H,21-26H2,(H,48,49)/t33-,36+/m0/s1. The normalized spacial score (nSPS) is 16.4. The van der Waals surface area contributed by atoms with Gasteiger partial charge < -0.3 is 14.6 Å². The number of hydrogen-bond donors (Lipinski definition) is 1. The van der Waals surface area contributed by atoms with Crippen LogP contribution in [0.1, 0.15) is 51.8 Å². The number of rotatable bonds is 13. The second-order valence-electron chi connectivity index (χ2n) is 12.6. The Hall–Kier alpha value is -6.04. The van der Waals surface area contributed by atoms with Crippen molar-refractivity contribution in [3.63, 3.8) is 0 Å². The number of ether oxygens (including phenoxy) is 2. The molecule has 4 aromatic carbocycles. The highest BCUT2D eigenvalue weighted by atomic mass is 16.6. The van der Waals surface area contributed by atoms with Crippen molar-refractivity contribution in [3.8, 4) is 0 Å². The Labute approximate surface area is 300 Å². The summed E-state index contributed by atoms with van der Waals surface area (Å²) in [7, 11) is 0. The van der Waals surface area contributed by atoms with Gasteiger partial charge in [0.25, 0.3) is 0 Å². The number of fused-ring (bicyclic) bond motifs is 1. The molecule has 6 aromatic rings. The Bertz CT molecular complexity index is 2050. The highest BCUT2D eigenvalue weighted by Gasteiger charge is 2.46. The van der Waals surface area contributed by atoms with Crippen LogP contribution in [0.2, 0.25) is 0 Å². The van der Waals surface area contributed by atoms with Gasteiger partial charge in [0, 0.05) is 18.7 Å². The molecule has 11 heteroatoms. The van der Waals surface area contributed by atoms with Gasteiger partial charge in [-0.2, -0.15) is 0 Å². The summed E-state index contributed by atoms with van der Waals surface area (Å²) in [6, 6.07) is 39.8. The van der Waals surface area contributed by atoms with Crippen molar-refractivity contribution in [1.29, 1.82) is 0 Å². The van der Waals surface area contributed by atoms with Crippen molar-refractivity contribution in [2.45, 2.75) is 37.1 Å². The number of carboxylic acid groups (broad SMARTS) is 1. The maximum atomic E-state index is 13.2. The molecule has 1 fully saturated rings. The fourth-order valence-electron chi connectivity index (χ4n) is 7.01. The summed E-state index contributed by atoms with van der Waals surface area (Å²) in [5, 5.41) is 9.10. The molecule has 0 aliphatic carbocycles. The first-order valence-electron chi connectivity index (χ1n) is 17.1. The number of carbonyl (C=O) groups excluding carboxylic acids is 2. The lowest BCUT2D eigenvalue weighted by molar-refractivity contribution is -0.169. The summed E-state index contributed by atoms with van der Waals surface area (Å²) >= 11 is 0. The van der Waals surface area contributed by atoms with Gasteiger partial charge in [-0.3, -0.25) is 23.9 Å². The lowest BCUT2D eigenvalue weighted by atomic mass is 9.75. The minimum absolute atomic E-state index is 0.0474. The Morgan fingerprint density at radius 1 is 0.750 bits per heavy atom. The van der Waals surface area contributed by atoms with Crippen LogP contribution in [0.3, 0.4) is 0 Å². The van der Waals surface area contributed by atoms with E-state index < -0.39 is 29.8 Å². The number of morpholine rings is 1. The number of benzene rings is 4. The van der Waals surface area contributed by atoms with Crippen LogP contribution in [0.25, 0.3) is 11.2 Å². The molecule has 0 amide bonds. The SMILES string of the molecule is O=C(O)CCC(=O)OC[C@@H]1CN(C(c2ccccc2)(c2ccccc2)c2ccccc2)C[C@H](n2cnc3c(CC(=O)c4ccccc4)ncnc32)O1. The summed E-state index contributed by atoms with van der Waals surface area (Å²) in [4.78, 5) is 53.0. The van der Waals surface area contributed by atoms with Gasteiger partial charge in [0.05, 0.1) is 36.8 Å². The number of imidazole rings is 1. The van der Waals surface area contributed by atoms with E-state index in [1.165, 1.54) is 6.33 Å². The van der Waals surface area contributed by atoms with Crippen molar-refractivity contribution < 1.29 is 29.0 Å². The molecule has 0 unspecified atom stereocenters. The summed E-state index contributed by atoms with van der Waals surface area (Å²) in [6.07, 6.45) is 1.27. The largest absolute Gasteiger partial charge is 0.481 e. The topological polar surface area (TPSA) is 137 Å². The quantitative estimate of drug-likeness (QED) is 0.0890. The van der Waals surface area contributed by atoms with Crippen molar-refractivity contribution in [2.24, 2.45) is 0 Å². The molecule has 1 N–H and O–H groups in total. The molecule has 11 nitrogen and oxygen atoms in total. The molecule has 2 atom stereocenters. The molecular weight excluding hydrogens is 658 g/mol. The zero-order valence-electron chi connectivity index (χ0n) is 28.3. The van der Waals surface area contributed by atoms with E-state index in [1.54, 1.807) is 18.5 Å². The smallest absolute Gasteiger partial charge is 0.306 e. The van der Waals surface area contributed by atoms with Gasteiger partial charge in [-0.15, -0.1) is 0 Å². The monoisotopic (exact) mass is 695 g/mol. The van der Waals surface area contributed by atoms with Gasteiger partial charge in [0.15, 0.2) is 11.4 Å². The first-order chi connectivity index (χ1) is 25.4. The van der Waals surface area contributed by atoms with Crippen LogP contribution in [0, 0.1) is 0 Å². The molecular formula is C41H37N5O6. The zero-order valence-corrected chi connectivity index (χ0v) is 28.3. The Kier molecular flexibility index (Phi) is 10.2.